The molecule has 0 bridgehead atoms. The van der Waals surface area contributed by atoms with Gasteiger partial charge in [0.25, 0.3) is 0 Å². The maximum atomic E-state index is 13.1. The largest absolute Gasteiger partial charge is 0.368 e. The molecule has 0 spiro atoms. The lowest BCUT2D eigenvalue weighted by Crippen LogP contribution is -2.11. The lowest BCUT2D eigenvalue weighted by Gasteiger charge is -2.04. The zero-order valence-corrected chi connectivity index (χ0v) is 10.4. The Morgan fingerprint density at radius 2 is 2.22 bits per heavy atom. The minimum atomic E-state index is -0.272. The zero-order valence-electron chi connectivity index (χ0n) is 10.4. The van der Waals surface area contributed by atoms with Gasteiger partial charge in [-0.15, -0.1) is 5.10 Å². The average molecular weight is 249 g/mol. The van der Waals surface area contributed by atoms with Gasteiger partial charge in [0.15, 0.2) is 0 Å². The third-order valence-electron chi connectivity index (χ3n) is 2.34. The average Bonchev–Trinajstić information content (AvgIpc) is 2.58. The Balaban J connectivity index is 2.16. The molecule has 2 aromatic rings. The van der Waals surface area contributed by atoms with Gasteiger partial charge in [-0.05, 0) is 31.5 Å². The number of halogens is 1. The second-order valence-electron chi connectivity index (χ2n) is 4.38. The van der Waals surface area contributed by atoms with E-state index in [1.165, 1.54) is 12.1 Å². The van der Waals surface area contributed by atoms with Crippen molar-refractivity contribution in [3.05, 3.63) is 35.6 Å². The summed E-state index contributed by atoms with van der Waals surface area (Å²) < 4.78 is 14.6. The Bertz CT molecular complexity index is 535. The van der Waals surface area contributed by atoms with Gasteiger partial charge in [-0.25, -0.2) is 9.07 Å². The van der Waals surface area contributed by atoms with E-state index in [4.69, 9.17) is 5.73 Å². The number of nitrogen functional groups attached to an aromatic ring is 1. The topological polar surface area (TPSA) is 68.8 Å². The van der Waals surface area contributed by atoms with Crippen molar-refractivity contribution in [2.75, 3.05) is 11.1 Å². The zero-order chi connectivity index (χ0) is 13.1. The van der Waals surface area contributed by atoms with Gasteiger partial charge in [-0.1, -0.05) is 12.1 Å². The van der Waals surface area contributed by atoms with Crippen molar-refractivity contribution in [3.8, 4) is 0 Å². The molecule has 3 N–H and O–H groups in total. The molecule has 0 fully saturated rings. The van der Waals surface area contributed by atoms with Crippen LogP contribution in [0.3, 0.4) is 0 Å². The summed E-state index contributed by atoms with van der Waals surface area (Å²) in [7, 11) is 0. The number of hydrogen-bond acceptors (Lipinski definition) is 4. The summed E-state index contributed by atoms with van der Waals surface area (Å²) in [4.78, 5) is 4.09. The number of nitrogens with two attached hydrogens (primary N) is 1. The van der Waals surface area contributed by atoms with Crippen LogP contribution in [0.4, 0.5) is 16.3 Å². The molecule has 0 atom stereocenters. The summed E-state index contributed by atoms with van der Waals surface area (Å²) in [6.07, 6.45) is 0. The van der Waals surface area contributed by atoms with Crippen molar-refractivity contribution in [2.24, 2.45) is 0 Å². The monoisotopic (exact) mass is 249 g/mol. The smallest absolute Gasteiger partial charge is 0.244 e. The summed E-state index contributed by atoms with van der Waals surface area (Å²) in [6.45, 7) is 4.38. The quantitative estimate of drug-likeness (QED) is 0.868. The molecule has 0 aliphatic carbocycles. The maximum Gasteiger partial charge on any atom is 0.244 e. The van der Waals surface area contributed by atoms with Crippen molar-refractivity contribution in [3.63, 3.8) is 0 Å². The normalized spacial score (nSPS) is 10.9. The Labute approximate surface area is 105 Å². The molecule has 1 heterocycles. The van der Waals surface area contributed by atoms with Crippen molar-refractivity contribution in [2.45, 2.75) is 26.4 Å². The molecular weight excluding hydrogens is 233 g/mol. The van der Waals surface area contributed by atoms with Crippen LogP contribution in [0.1, 0.15) is 19.4 Å². The number of hydrogen-bond donors (Lipinski definition) is 2. The summed E-state index contributed by atoms with van der Waals surface area (Å²) in [6, 6.07) is 6.57. The van der Waals surface area contributed by atoms with Crippen molar-refractivity contribution >= 4 is 11.9 Å². The number of anilines is 2. The van der Waals surface area contributed by atoms with Crippen LogP contribution in [0.15, 0.2) is 24.3 Å². The van der Waals surface area contributed by atoms with E-state index in [1.807, 2.05) is 19.9 Å². The van der Waals surface area contributed by atoms with Gasteiger partial charge in [-0.3, -0.25) is 0 Å². The van der Waals surface area contributed by atoms with E-state index < -0.39 is 0 Å². The number of nitrogens with one attached hydrogen (secondary N) is 1. The fraction of sp³-hybridized carbons (Fsp3) is 0.333. The molecule has 2 rings (SSSR count). The lowest BCUT2D eigenvalue weighted by atomic mass is 10.2. The molecule has 18 heavy (non-hydrogen) atoms. The van der Waals surface area contributed by atoms with Crippen LogP contribution < -0.4 is 11.1 Å². The molecule has 0 unspecified atom stereocenters. The second kappa shape index (κ2) is 5.03. The first kappa shape index (κ1) is 12.3. The molecule has 6 heteroatoms. The van der Waals surface area contributed by atoms with Crippen LogP contribution >= 0.6 is 0 Å². The van der Waals surface area contributed by atoms with Crippen LogP contribution in [0.25, 0.3) is 0 Å². The van der Waals surface area contributed by atoms with Gasteiger partial charge in [-0.2, -0.15) is 4.98 Å². The van der Waals surface area contributed by atoms with Crippen LogP contribution in [0.5, 0.6) is 0 Å². The first-order chi connectivity index (χ1) is 8.54. The van der Waals surface area contributed by atoms with Crippen LogP contribution in [0, 0.1) is 5.82 Å². The first-order valence-corrected chi connectivity index (χ1v) is 5.76. The van der Waals surface area contributed by atoms with Gasteiger partial charge in [0.2, 0.25) is 11.9 Å². The highest BCUT2D eigenvalue weighted by atomic mass is 19.1. The van der Waals surface area contributed by atoms with Crippen LogP contribution in [-0.2, 0) is 6.54 Å². The van der Waals surface area contributed by atoms with Crippen LogP contribution in [-0.4, -0.2) is 20.8 Å². The van der Waals surface area contributed by atoms with E-state index in [-0.39, 0.29) is 11.9 Å². The molecular formula is C12H16FN5. The maximum absolute atomic E-state index is 13.1. The Morgan fingerprint density at radius 1 is 1.44 bits per heavy atom. The highest BCUT2D eigenvalue weighted by Gasteiger charge is 2.08. The van der Waals surface area contributed by atoms with E-state index in [2.05, 4.69) is 15.4 Å². The fourth-order valence-electron chi connectivity index (χ4n) is 1.60. The molecule has 0 aliphatic rings. The summed E-state index contributed by atoms with van der Waals surface area (Å²) >= 11 is 0. The molecule has 0 aliphatic heterocycles. The Hall–Kier alpha value is -2.11. The van der Waals surface area contributed by atoms with Crippen molar-refractivity contribution < 1.29 is 4.39 Å². The molecule has 1 aromatic heterocycles. The van der Waals surface area contributed by atoms with E-state index in [0.717, 1.165) is 5.56 Å². The second-order valence-corrected chi connectivity index (χ2v) is 4.38. The number of nitrogens with zero attached hydrogens (tertiary/aromatic N) is 3. The number of benzene rings is 1. The molecule has 0 saturated heterocycles. The Morgan fingerprint density at radius 3 is 2.89 bits per heavy atom. The highest BCUT2D eigenvalue weighted by Crippen LogP contribution is 2.11. The van der Waals surface area contributed by atoms with Gasteiger partial charge in [0.05, 0.1) is 6.54 Å². The third kappa shape index (κ3) is 2.97. The summed E-state index contributed by atoms with van der Waals surface area (Å²) in [5.41, 5.74) is 6.55. The van der Waals surface area contributed by atoms with E-state index in [9.17, 15) is 4.39 Å². The minimum absolute atomic E-state index is 0.231. The lowest BCUT2D eigenvalue weighted by molar-refractivity contribution is 0.620. The summed E-state index contributed by atoms with van der Waals surface area (Å²) in [5, 5.41) is 7.29. The van der Waals surface area contributed by atoms with Gasteiger partial charge in [0, 0.05) is 6.04 Å². The molecule has 96 valence electrons. The minimum Gasteiger partial charge on any atom is -0.368 e. The molecule has 1 aromatic carbocycles. The summed E-state index contributed by atoms with van der Waals surface area (Å²) in [5.74, 6) is 0.521. The van der Waals surface area contributed by atoms with Crippen molar-refractivity contribution in [1.82, 2.24) is 14.8 Å². The predicted octanol–water partition coefficient (Wildman–Crippen LogP) is 1.87. The van der Waals surface area contributed by atoms with Crippen LogP contribution in [0.2, 0.25) is 0 Å². The standard InChI is InChI=1S/C12H16FN5/c1-8(2)15-12-16-11(14)18(17-12)7-9-4-3-5-10(13)6-9/h3-6,8H,7H2,1-2H3,(H3,14,15,16,17). The van der Waals surface area contributed by atoms with Gasteiger partial charge >= 0.3 is 0 Å². The highest BCUT2D eigenvalue weighted by molar-refractivity contribution is 5.33. The SMILES string of the molecule is CC(C)Nc1nc(N)n(Cc2cccc(F)c2)n1. The van der Waals surface area contributed by atoms with Crippen molar-refractivity contribution in [1.29, 1.82) is 0 Å². The van der Waals surface area contributed by atoms with E-state index >= 15 is 0 Å². The van der Waals surface area contributed by atoms with Gasteiger partial charge in [0.1, 0.15) is 5.82 Å². The number of aromatic nitrogens is 3. The molecule has 0 saturated carbocycles. The van der Waals surface area contributed by atoms with Gasteiger partial charge < -0.3 is 11.1 Å². The molecule has 0 radical (unpaired) electrons. The Kier molecular flexibility index (Phi) is 3.45. The predicted molar refractivity (Wildman–Crippen MR) is 68.7 cm³/mol. The molecule has 5 nitrogen and oxygen atoms in total. The van der Waals surface area contributed by atoms with E-state index in [0.29, 0.717) is 18.4 Å². The third-order valence-corrected chi connectivity index (χ3v) is 2.34. The molecule has 0 amide bonds. The number of rotatable bonds is 4. The fourth-order valence-corrected chi connectivity index (χ4v) is 1.60. The van der Waals surface area contributed by atoms with E-state index in [1.54, 1.807) is 10.7 Å². The first-order valence-electron chi connectivity index (χ1n) is 5.76.